The van der Waals surface area contributed by atoms with Crippen molar-refractivity contribution in [3.63, 3.8) is 0 Å². The Morgan fingerprint density at radius 2 is 2.00 bits per heavy atom. The molecule has 2 aromatic rings. The van der Waals surface area contributed by atoms with Gasteiger partial charge in [0.1, 0.15) is 5.65 Å². The number of imidazole rings is 1. The summed E-state index contributed by atoms with van der Waals surface area (Å²) in [5.74, 6) is 0. The maximum Gasteiger partial charge on any atom is 0.137 e. The number of nitrogens with zero attached hydrogens (tertiary/aromatic N) is 2. The van der Waals surface area contributed by atoms with Crippen LogP contribution < -0.4 is 0 Å². The molecule has 0 spiro atoms. The van der Waals surface area contributed by atoms with E-state index in [0.29, 0.717) is 6.42 Å². The lowest BCUT2D eigenvalue weighted by molar-refractivity contribution is 0.165. The van der Waals surface area contributed by atoms with Gasteiger partial charge in [0.25, 0.3) is 0 Å². The van der Waals surface area contributed by atoms with Gasteiger partial charge in [0, 0.05) is 11.6 Å². The summed E-state index contributed by atoms with van der Waals surface area (Å²) in [5.41, 5.74) is 3.94. The first-order valence-corrected chi connectivity index (χ1v) is 6.51. The summed E-state index contributed by atoms with van der Waals surface area (Å²) < 4.78 is 2.03. The summed E-state index contributed by atoms with van der Waals surface area (Å²) in [5, 5.41) is 10.3. The zero-order valence-electron chi connectivity index (χ0n) is 11.9. The smallest absolute Gasteiger partial charge is 0.137 e. The van der Waals surface area contributed by atoms with Crippen LogP contribution in [0.1, 0.15) is 57.2 Å². The van der Waals surface area contributed by atoms with Gasteiger partial charge >= 0.3 is 0 Å². The van der Waals surface area contributed by atoms with E-state index in [1.54, 1.807) is 0 Å². The van der Waals surface area contributed by atoms with Gasteiger partial charge in [0.05, 0.1) is 17.5 Å². The lowest BCUT2D eigenvalue weighted by atomic mass is 9.89. The van der Waals surface area contributed by atoms with E-state index < -0.39 is 6.10 Å². The second-order valence-electron chi connectivity index (χ2n) is 5.95. The molecule has 1 N–H and O–H groups in total. The van der Waals surface area contributed by atoms with E-state index in [1.807, 2.05) is 23.6 Å². The van der Waals surface area contributed by atoms with Crippen LogP contribution >= 0.6 is 0 Å². The molecule has 1 unspecified atom stereocenters. The summed E-state index contributed by atoms with van der Waals surface area (Å²) in [6, 6.07) is 4.06. The van der Waals surface area contributed by atoms with Crippen LogP contribution in [-0.2, 0) is 5.41 Å². The SMILES string of the molecule is CCC(O)c1c(C(C)(C)C)nc2ccc(C)cn12. The lowest BCUT2D eigenvalue weighted by Crippen LogP contribution is -2.17. The topological polar surface area (TPSA) is 37.5 Å². The van der Waals surface area contributed by atoms with Crippen LogP contribution in [0.5, 0.6) is 0 Å². The normalized spacial score (nSPS) is 14.1. The minimum atomic E-state index is -0.462. The molecule has 0 bridgehead atoms. The first kappa shape index (κ1) is 13.1. The Hall–Kier alpha value is -1.35. The molecule has 0 aliphatic rings. The van der Waals surface area contributed by atoms with E-state index in [0.717, 1.165) is 17.0 Å². The van der Waals surface area contributed by atoms with Crippen molar-refractivity contribution in [2.45, 2.75) is 52.6 Å². The minimum Gasteiger partial charge on any atom is -0.387 e. The van der Waals surface area contributed by atoms with Gasteiger partial charge in [-0.15, -0.1) is 0 Å². The average Bonchev–Trinajstić information content (AvgIpc) is 2.66. The Morgan fingerprint density at radius 1 is 1.33 bits per heavy atom. The molecule has 2 heterocycles. The molecule has 0 aliphatic heterocycles. The summed E-state index contributed by atoms with van der Waals surface area (Å²) in [4.78, 5) is 4.70. The number of aryl methyl sites for hydroxylation is 1. The Kier molecular flexibility index (Phi) is 3.20. The minimum absolute atomic E-state index is 0.0641. The molecule has 0 saturated heterocycles. The van der Waals surface area contributed by atoms with Crippen molar-refractivity contribution in [3.05, 3.63) is 35.3 Å². The van der Waals surface area contributed by atoms with Crippen LogP contribution in [0, 0.1) is 6.92 Å². The van der Waals surface area contributed by atoms with Gasteiger partial charge in [-0.1, -0.05) is 33.8 Å². The van der Waals surface area contributed by atoms with Crippen molar-refractivity contribution in [1.29, 1.82) is 0 Å². The number of rotatable bonds is 2. The third-order valence-electron chi connectivity index (χ3n) is 3.22. The molecule has 0 saturated carbocycles. The summed E-state index contributed by atoms with van der Waals surface area (Å²) in [7, 11) is 0. The van der Waals surface area contributed by atoms with E-state index in [1.165, 1.54) is 5.56 Å². The van der Waals surface area contributed by atoms with Gasteiger partial charge in [0.15, 0.2) is 0 Å². The quantitative estimate of drug-likeness (QED) is 0.882. The molecule has 1 atom stereocenters. The molecule has 0 fully saturated rings. The molecule has 98 valence electrons. The molecule has 2 rings (SSSR count). The lowest BCUT2D eigenvalue weighted by Gasteiger charge is -2.20. The third kappa shape index (κ3) is 2.15. The average molecular weight is 246 g/mol. The molecular weight excluding hydrogens is 224 g/mol. The molecule has 2 aromatic heterocycles. The Labute approximate surface area is 108 Å². The predicted octanol–water partition coefficient (Wildman–Crippen LogP) is 3.38. The van der Waals surface area contributed by atoms with Crippen LogP contribution in [0.3, 0.4) is 0 Å². The highest BCUT2D eigenvalue weighted by atomic mass is 16.3. The zero-order chi connectivity index (χ0) is 13.5. The van der Waals surface area contributed by atoms with Crippen LogP contribution in [0.25, 0.3) is 5.65 Å². The molecule has 0 aromatic carbocycles. The van der Waals surface area contributed by atoms with Crippen LogP contribution in [-0.4, -0.2) is 14.5 Å². The van der Waals surface area contributed by atoms with Crippen LogP contribution in [0.4, 0.5) is 0 Å². The Bertz CT molecular complexity index is 564. The molecule has 3 heteroatoms. The number of fused-ring (bicyclic) bond motifs is 1. The summed E-state index contributed by atoms with van der Waals surface area (Å²) in [6.07, 6.45) is 2.28. The van der Waals surface area contributed by atoms with Crippen molar-refractivity contribution in [2.24, 2.45) is 0 Å². The van der Waals surface area contributed by atoms with E-state index in [-0.39, 0.29) is 5.41 Å². The standard InChI is InChI=1S/C15H22N2O/c1-6-11(18)13-14(15(3,4)5)16-12-8-7-10(2)9-17(12)13/h7-9,11,18H,6H2,1-5H3. The monoisotopic (exact) mass is 246 g/mol. The highest BCUT2D eigenvalue weighted by Crippen LogP contribution is 2.31. The zero-order valence-corrected chi connectivity index (χ0v) is 11.9. The van der Waals surface area contributed by atoms with Gasteiger partial charge < -0.3 is 9.51 Å². The maximum atomic E-state index is 10.3. The fraction of sp³-hybridized carbons (Fsp3) is 0.533. The Morgan fingerprint density at radius 3 is 2.56 bits per heavy atom. The number of pyridine rings is 1. The first-order chi connectivity index (χ1) is 8.34. The van der Waals surface area contributed by atoms with Crippen molar-refractivity contribution in [1.82, 2.24) is 9.38 Å². The number of hydrogen-bond donors (Lipinski definition) is 1. The summed E-state index contributed by atoms with van der Waals surface area (Å²) >= 11 is 0. The van der Waals surface area contributed by atoms with Crippen LogP contribution in [0.2, 0.25) is 0 Å². The van der Waals surface area contributed by atoms with Gasteiger partial charge in [-0.25, -0.2) is 4.98 Å². The second-order valence-corrected chi connectivity index (χ2v) is 5.95. The molecule has 0 amide bonds. The number of aliphatic hydroxyl groups is 1. The molecule has 0 radical (unpaired) electrons. The van der Waals surface area contributed by atoms with E-state index >= 15 is 0 Å². The Balaban J connectivity index is 2.78. The number of aromatic nitrogens is 2. The fourth-order valence-electron chi connectivity index (χ4n) is 2.23. The molecular formula is C15H22N2O. The molecule has 3 nitrogen and oxygen atoms in total. The summed E-state index contributed by atoms with van der Waals surface area (Å²) in [6.45, 7) is 10.4. The maximum absolute atomic E-state index is 10.3. The van der Waals surface area contributed by atoms with Crippen molar-refractivity contribution in [2.75, 3.05) is 0 Å². The first-order valence-electron chi connectivity index (χ1n) is 6.51. The third-order valence-corrected chi connectivity index (χ3v) is 3.22. The van der Waals surface area contributed by atoms with E-state index in [9.17, 15) is 5.11 Å². The predicted molar refractivity (Wildman–Crippen MR) is 73.9 cm³/mol. The van der Waals surface area contributed by atoms with E-state index in [2.05, 4.69) is 33.8 Å². The van der Waals surface area contributed by atoms with Gasteiger partial charge in [-0.05, 0) is 25.0 Å². The number of hydrogen-bond acceptors (Lipinski definition) is 2. The largest absolute Gasteiger partial charge is 0.387 e. The van der Waals surface area contributed by atoms with Gasteiger partial charge in [0.2, 0.25) is 0 Å². The molecule has 18 heavy (non-hydrogen) atoms. The highest BCUT2D eigenvalue weighted by Gasteiger charge is 2.26. The van der Waals surface area contributed by atoms with Gasteiger partial charge in [-0.2, -0.15) is 0 Å². The van der Waals surface area contributed by atoms with Crippen molar-refractivity contribution < 1.29 is 5.11 Å². The van der Waals surface area contributed by atoms with E-state index in [4.69, 9.17) is 4.98 Å². The fourth-order valence-corrected chi connectivity index (χ4v) is 2.23. The molecule has 0 aliphatic carbocycles. The highest BCUT2D eigenvalue weighted by molar-refractivity contribution is 5.46. The van der Waals surface area contributed by atoms with Gasteiger partial charge in [-0.3, -0.25) is 0 Å². The van der Waals surface area contributed by atoms with Crippen LogP contribution in [0.15, 0.2) is 18.3 Å². The van der Waals surface area contributed by atoms with Crippen molar-refractivity contribution in [3.8, 4) is 0 Å². The number of aliphatic hydroxyl groups excluding tert-OH is 1. The second kappa shape index (κ2) is 4.39. The van der Waals surface area contributed by atoms with Crippen molar-refractivity contribution >= 4 is 5.65 Å².